The van der Waals surface area contributed by atoms with Crippen molar-refractivity contribution in [2.75, 3.05) is 14.2 Å². The first-order valence-electron chi connectivity index (χ1n) is 9.73. The zero-order valence-corrected chi connectivity index (χ0v) is 20.9. The van der Waals surface area contributed by atoms with Crippen LogP contribution in [0.1, 0.15) is 42.1 Å². The Morgan fingerprint density at radius 1 is 1.28 bits per heavy atom. The van der Waals surface area contributed by atoms with Crippen molar-refractivity contribution in [1.82, 2.24) is 4.90 Å². The first-order valence-corrected chi connectivity index (χ1v) is 11.6. The lowest BCUT2D eigenvalue weighted by Gasteiger charge is -2.17. The molecule has 1 aliphatic rings. The summed E-state index contributed by atoms with van der Waals surface area (Å²) in [5, 5.41) is -0.421. The Balaban J connectivity index is 1.81. The largest absolute Gasteiger partial charge is 0.493 e. The normalized spacial score (nSPS) is 15.9. The van der Waals surface area contributed by atoms with Gasteiger partial charge in [-0.05, 0) is 83.6 Å². The number of methoxy groups -OCH3 is 2. The molecule has 1 aromatic heterocycles. The molecule has 0 N–H and O–H groups in total. The van der Waals surface area contributed by atoms with E-state index in [0.717, 1.165) is 26.7 Å². The van der Waals surface area contributed by atoms with Crippen LogP contribution in [-0.4, -0.2) is 42.3 Å². The third-order valence-corrected chi connectivity index (χ3v) is 6.39. The summed E-state index contributed by atoms with van der Waals surface area (Å²) in [6.45, 7) is 3.93. The molecule has 1 saturated heterocycles. The third kappa shape index (κ3) is 5.29. The van der Waals surface area contributed by atoms with Crippen molar-refractivity contribution in [2.24, 2.45) is 0 Å². The molecular weight excluding hydrogens is 549 g/mol. The summed E-state index contributed by atoms with van der Waals surface area (Å²) >= 11 is 3.00. The van der Waals surface area contributed by atoms with Crippen LogP contribution in [0.25, 0.3) is 6.08 Å². The monoisotopic (exact) mass is 571 g/mol. The van der Waals surface area contributed by atoms with Crippen molar-refractivity contribution in [3.05, 3.63) is 49.8 Å². The summed E-state index contributed by atoms with van der Waals surface area (Å²) in [5.74, 6) is 0.433. The Labute approximate surface area is 203 Å². The molecule has 10 heteroatoms. The molecule has 170 valence electrons. The van der Waals surface area contributed by atoms with Gasteiger partial charge >= 0.3 is 5.97 Å². The van der Waals surface area contributed by atoms with E-state index in [1.807, 2.05) is 19.9 Å². The molecule has 2 heterocycles. The second kappa shape index (κ2) is 10.4. The van der Waals surface area contributed by atoms with Gasteiger partial charge in [0.25, 0.3) is 11.1 Å². The Morgan fingerprint density at radius 2 is 2.03 bits per heavy atom. The lowest BCUT2D eigenvalue weighted by Crippen LogP contribution is -2.27. The maximum Gasteiger partial charge on any atom is 0.373 e. The fourth-order valence-corrected chi connectivity index (χ4v) is 4.43. The molecule has 1 aromatic carbocycles. The number of esters is 1. The number of amides is 2. The number of hydrogen-bond acceptors (Lipinski definition) is 8. The van der Waals surface area contributed by atoms with Crippen molar-refractivity contribution in [3.8, 4) is 11.5 Å². The summed E-state index contributed by atoms with van der Waals surface area (Å²) in [5.41, 5.74) is 0.708. The Bertz CT molecular complexity index is 1080. The van der Waals surface area contributed by atoms with E-state index in [2.05, 4.69) is 27.3 Å². The molecule has 1 aliphatic heterocycles. The lowest BCUT2D eigenvalue weighted by molar-refractivity contribution is -0.123. The van der Waals surface area contributed by atoms with Gasteiger partial charge in [0.05, 0.1) is 35.3 Å². The molecular formula is C22H22INO7S. The molecule has 1 atom stereocenters. The number of nitrogens with zero attached hydrogens (tertiary/aromatic N) is 1. The van der Waals surface area contributed by atoms with E-state index in [1.165, 1.54) is 19.2 Å². The Hall–Kier alpha value is -2.47. The molecule has 2 amide bonds. The summed E-state index contributed by atoms with van der Waals surface area (Å²) in [7, 11) is 2.80. The number of thioether (sulfide) groups is 1. The van der Waals surface area contributed by atoms with Gasteiger partial charge in [-0.15, -0.1) is 0 Å². The number of furan rings is 1. The average molecular weight is 571 g/mol. The van der Waals surface area contributed by atoms with E-state index in [-0.39, 0.29) is 23.3 Å². The van der Waals surface area contributed by atoms with Crippen molar-refractivity contribution < 1.29 is 33.0 Å². The fourth-order valence-electron chi connectivity index (χ4n) is 2.84. The van der Waals surface area contributed by atoms with Crippen LogP contribution in [0.5, 0.6) is 11.5 Å². The highest BCUT2D eigenvalue weighted by molar-refractivity contribution is 14.1. The van der Waals surface area contributed by atoms with Gasteiger partial charge in [-0.1, -0.05) is 6.92 Å². The number of halogens is 1. The highest BCUT2D eigenvalue weighted by Gasteiger charge is 2.36. The van der Waals surface area contributed by atoms with Gasteiger partial charge in [-0.3, -0.25) is 14.5 Å². The van der Waals surface area contributed by atoms with E-state index < -0.39 is 17.1 Å². The molecule has 0 radical (unpaired) electrons. The molecule has 0 bridgehead atoms. The van der Waals surface area contributed by atoms with E-state index in [9.17, 15) is 14.4 Å². The maximum atomic E-state index is 12.8. The van der Waals surface area contributed by atoms with Crippen LogP contribution in [0.4, 0.5) is 4.79 Å². The molecule has 0 unspecified atom stereocenters. The number of imide groups is 1. The number of carbonyl (C=O) groups is 3. The van der Waals surface area contributed by atoms with E-state index in [1.54, 1.807) is 19.3 Å². The molecule has 0 spiro atoms. The van der Waals surface area contributed by atoms with Gasteiger partial charge in [0.15, 0.2) is 11.5 Å². The van der Waals surface area contributed by atoms with Gasteiger partial charge in [0.1, 0.15) is 5.76 Å². The van der Waals surface area contributed by atoms with E-state index in [4.69, 9.17) is 13.9 Å². The Morgan fingerprint density at radius 3 is 2.69 bits per heavy atom. The zero-order valence-electron chi connectivity index (χ0n) is 18.0. The topological polar surface area (TPSA) is 95.3 Å². The van der Waals surface area contributed by atoms with Crippen LogP contribution in [0.15, 0.2) is 33.6 Å². The summed E-state index contributed by atoms with van der Waals surface area (Å²) in [6.07, 6.45) is 2.52. The summed E-state index contributed by atoms with van der Waals surface area (Å²) < 4.78 is 22.2. The summed E-state index contributed by atoms with van der Waals surface area (Å²) in [4.78, 5) is 38.2. The second-order valence-electron chi connectivity index (χ2n) is 6.90. The van der Waals surface area contributed by atoms with Crippen LogP contribution in [0.2, 0.25) is 0 Å². The molecule has 1 fully saturated rings. The SMILES string of the molecule is CC[C@@H](C)Oc1c(I)cc(/C=C2/SC(=O)N(Cc3ccc(C(=O)OC)o3)C2=O)cc1OC. The third-order valence-electron chi connectivity index (χ3n) is 4.68. The maximum absolute atomic E-state index is 12.8. The van der Waals surface area contributed by atoms with Crippen LogP contribution in [-0.2, 0) is 16.1 Å². The number of ether oxygens (including phenoxy) is 3. The van der Waals surface area contributed by atoms with Crippen LogP contribution in [0, 0.1) is 3.57 Å². The average Bonchev–Trinajstić information content (AvgIpc) is 3.35. The standard InChI is InChI=1S/C22H22INO7S/c1-5-12(2)30-19-15(23)8-13(9-17(19)28-3)10-18-20(25)24(22(27)32-18)11-14-6-7-16(31-14)21(26)29-4/h6-10,12H,5,11H2,1-4H3/b18-10+/t12-/m1/s1. The highest BCUT2D eigenvalue weighted by atomic mass is 127. The molecule has 8 nitrogen and oxygen atoms in total. The summed E-state index contributed by atoms with van der Waals surface area (Å²) in [6, 6.07) is 6.60. The van der Waals surface area contributed by atoms with Gasteiger partial charge < -0.3 is 18.6 Å². The van der Waals surface area contributed by atoms with E-state index >= 15 is 0 Å². The zero-order chi connectivity index (χ0) is 23.4. The Kier molecular flexibility index (Phi) is 7.88. The predicted molar refractivity (Wildman–Crippen MR) is 128 cm³/mol. The van der Waals surface area contributed by atoms with Crippen molar-refractivity contribution in [3.63, 3.8) is 0 Å². The number of carbonyl (C=O) groups excluding carboxylic acids is 3. The van der Waals surface area contributed by atoms with Gasteiger partial charge in [0.2, 0.25) is 5.76 Å². The molecule has 0 aliphatic carbocycles. The van der Waals surface area contributed by atoms with Crippen LogP contribution in [0.3, 0.4) is 0 Å². The van der Waals surface area contributed by atoms with Crippen LogP contribution < -0.4 is 9.47 Å². The molecule has 32 heavy (non-hydrogen) atoms. The van der Waals surface area contributed by atoms with E-state index in [0.29, 0.717) is 22.8 Å². The van der Waals surface area contributed by atoms with Gasteiger partial charge in [-0.2, -0.15) is 0 Å². The minimum absolute atomic E-state index is 0.00591. The molecule has 3 rings (SSSR count). The van der Waals surface area contributed by atoms with Gasteiger partial charge in [-0.25, -0.2) is 4.79 Å². The van der Waals surface area contributed by atoms with Gasteiger partial charge in [0, 0.05) is 0 Å². The minimum Gasteiger partial charge on any atom is -0.493 e. The molecule has 2 aromatic rings. The minimum atomic E-state index is -0.630. The number of benzene rings is 1. The number of rotatable bonds is 8. The second-order valence-corrected chi connectivity index (χ2v) is 9.05. The van der Waals surface area contributed by atoms with Crippen molar-refractivity contribution in [1.29, 1.82) is 0 Å². The lowest BCUT2D eigenvalue weighted by atomic mass is 10.1. The quantitative estimate of drug-likeness (QED) is 0.246. The predicted octanol–water partition coefficient (Wildman–Crippen LogP) is 5.09. The number of hydrogen-bond donors (Lipinski definition) is 0. The van der Waals surface area contributed by atoms with Crippen LogP contribution >= 0.6 is 34.4 Å². The highest BCUT2D eigenvalue weighted by Crippen LogP contribution is 2.38. The van der Waals surface area contributed by atoms with Crippen molar-refractivity contribution >= 4 is 57.5 Å². The first-order chi connectivity index (χ1) is 15.3. The first kappa shape index (κ1) is 24.2. The molecule has 0 saturated carbocycles. The fraction of sp³-hybridized carbons (Fsp3) is 0.318. The van der Waals surface area contributed by atoms with Crippen molar-refractivity contribution in [2.45, 2.75) is 32.9 Å². The smallest absolute Gasteiger partial charge is 0.373 e.